The monoisotopic (exact) mass is 482 g/mol. The number of hydrogen-bond donors (Lipinski definition) is 0. The van der Waals surface area contributed by atoms with Crippen LogP contribution >= 0.6 is 0 Å². The third-order valence-corrected chi connectivity index (χ3v) is 10.1. The van der Waals surface area contributed by atoms with E-state index in [2.05, 4.69) is 19.6 Å². The predicted molar refractivity (Wildman–Crippen MR) is 121 cm³/mol. The van der Waals surface area contributed by atoms with Gasteiger partial charge in [0.25, 0.3) is 0 Å². The van der Waals surface area contributed by atoms with Gasteiger partial charge < -0.3 is 23.7 Å². The van der Waals surface area contributed by atoms with Gasteiger partial charge in [-0.15, -0.1) is 0 Å². The zero-order valence-electron chi connectivity index (χ0n) is 20.8. The maximum atomic E-state index is 13.5. The Morgan fingerprint density at radius 3 is 2.30 bits per heavy atom. The van der Waals surface area contributed by atoms with E-state index in [9.17, 15) is 14.4 Å². The number of carbonyl (C=O) groups excluding carboxylic acids is 3. The van der Waals surface area contributed by atoms with Gasteiger partial charge in [-0.05, 0) is 6.04 Å². The topological polar surface area (TPSA) is 97.4 Å². The molecule has 9 heteroatoms. The minimum absolute atomic E-state index is 0.0266. The number of ether oxygens (including phenoxy) is 5. The molecule has 4 rings (SSSR count). The molecule has 2 aliphatic heterocycles. The molecule has 2 saturated carbocycles. The summed E-state index contributed by atoms with van der Waals surface area (Å²) in [6.07, 6.45) is -1.91. The van der Waals surface area contributed by atoms with E-state index >= 15 is 0 Å². The SMILES string of the molecule is CC(=O)O[C@H]1C[C@@H](OC(C)=O)[C@@]2(C)CO[C@H]3C(=O)[C@H](C)[C@@H]4[C@@H](OCC[Si](C)(C)C)OC[C@]41[C@@H]32. The van der Waals surface area contributed by atoms with E-state index < -0.39 is 55.4 Å². The maximum absolute atomic E-state index is 13.5. The van der Waals surface area contributed by atoms with Gasteiger partial charge in [0.1, 0.15) is 18.3 Å². The van der Waals surface area contributed by atoms with Crippen LogP contribution in [0.5, 0.6) is 0 Å². The minimum atomic E-state index is -1.31. The van der Waals surface area contributed by atoms with Crippen molar-refractivity contribution in [1.82, 2.24) is 0 Å². The first-order valence-electron chi connectivity index (χ1n) is 12.0. The first kappa shape index (κ1) is 24.8. The molecule has 0 aromatic carbocycles. The van der Waals surface area contributed by atoms with E-state index in [1.807, 2.05) is 13.8 Å². The van der Waals surface area contributed by atoms with Crippen LogP contribution < -0.4 is 0 Å². The van der Waals surface area contributed by atoms with Crippen molar-refractivity contribution in [3.63, 3.8) is 0 Å². The summed E-state index contributed by atoms with van der Waals surface area (Å²) in [6, 6.07) is 0.990. The van der Waals surface area contributed by atoms with Crippen molar-refractivity contribution >= 4 is 25.8 Å². The van der Waals surface area contributed by atoms with Gasteiger partial charge in [-0.25, -0.2) is 0 Å². The highest BCUT2D eigenvalue weighted by Gasteiger charge is 2.77. The number of rotatable bonds is 6. The van der Waals surface area contributed by atoms with Gasteiger partial charge in [0.15, 0.2) is 12.1 Å². The Labute approximate surface area is 197 Å². The van der Waals surface area contributed by atoms with Crippen molar-refractivity contribution in [1.29, 1.82) is 0 Å². The summed E-state index contributed by atoms with van der Waals surface area (Å²) >= 11 is 0. The largest absolute Gasteiger partial charge is 0.462 e. The average molecular weight is 483 g/mol. The predicted octanol–water partition coefficient (Wildman–Crippen LogP) is 2.81. The smallest absolute Gasteiger partial charge is 0.302 e. The molecule has 0 amide bonds. The van der Waals surface area contributed by atoms with Gasteiger partial charge in [-0.2, -0.15) is 0 Å². The molecule has 0 bridgehead atoms. The lowest BCUT2D eigenvalue weighted by molar-refractivity contribution is -0.222. The Morgan fingerprint density at radius 1 is 1.06 bits per heavy atom. The number of hydrogen-bond acceptors (Lipinski definition) is 8. The molecule has 186 valence electrons. The van der Waals surface area contributed by atoms with Crippen molar-refractivity contribution in [3.05, 3.63) is 0 Å². The molecule has 2 saturated heterocycles. The second kappa shape index (κ2) is 8.43. The van der Waals surface area contributed by atoms with E-state index in [1.54, 1.807) is 0 Å². The summed E-state index contributed by atoms with van der Waals surface area (Å²) in [7, 11) is -1.31. The quantitative estimate of drug-likeness (QED) is 0.421. The molecule has 8 nitrogen and oxygen atoms in total. The number of Topliss-reactive ketones (excluding diaryl/α,β-unsaturated/α-hetero) is 1. The molecule has 0 unspecified atom stereocenters. The molecule has 0 aromatic heterocycles. The third-order valence-electron chi connectivity index (χ3n) is 8.36. The highest BCUT2D eigenvalue weighted by molar-refractivity contribution is 6.76. The Bertz CT molecular complexity index is 824. The van der Waals surface area contributed by atoms with Crippen LogP contribution in [0.1, 0.15) is 34.1 Å². The van der Waals surface area contributed by atoms with Gasteiger partial charge in [0, 0.05) is 63.5 Å². The highest BCUT2D eigenvalue weighted by atomic mass is 28.3. The number of carbonyl (C=O) groups is 3. The lowest BCUT2D eigenvalue weighted by Gasteiger charge is -2.59. The van der Waals surface area contributed by atoms with E-state index in [4.69, 9.17) is 23.7 Å². The summed E-state index contributed by atoms with van der Waals surface area (Å²) in [5.41, 5.74) is -1.23. The fourth-order valence-corrected chi connectivity index (χ4v) is 7.65. The Morgan fingerprint density at radius 2 is 1.70 bits per heavy atom. The van der Waals surface area contributed by atoms with Crippen LogP contribution in [-0.2, 0) is 38.1 Å². The summed E-state index contributed by atoms with van der Waals surface area (Å²) in [5.74, 6) is -1.70. The highest BCUT2D eigenvalue weighted by Crippen LogP contribution is 2.68. The molecule has 2 heterocycles. The van der Waals surface area contributed by atoms with Crippen LogP contribution in [0.2, 0.25) is 25.7 Å². The van der Waals surface area contributed by atoms with Gasteiger partial charge in [-0.3, -0.25) is 14.4 Å². The molecule has 0 N–H and O–H groups in total. The van der Waals surface area contributed by atoms with Crippen LogP contribution in [-0.4, -0.2) is 70.2 Å². The second-order valence-corrected chi connectivity index (χ2v) is 17.5. The van der Waals surface area contributed by atoms with Crippen LogP contribution in [0.4, 0.5) is 0 Å². The molecule has 2 aliphatic carbocycles. The molecule has 0 radical (unpaired) electrons. The van der Waals surface area contributed by atoms with Gasteiger partial charge in [0.2, 0.25) is 0 Å². The van der Waals surface area contributed by atoms with E-state index in [1.165, 1.54) is 13.8 Å². The van der Waals surface area contributed by atoms with Gasteiger partial charge in [-0.1, -0.05) is 33.5 Å². The molecule has 33 heavy (non-hydrogen) atoms. The van der Waals surface area contributed by atoms with E-state index in [0.29, 0.717) is 26.2 Å². The Kier molecular flexibility index (Phi) is 6.34. The van der Waals surface area contributed by atoms with E-state index in [-0.39, 0.29) is 23.5 Å². The third kappa shape index (κ3) is 3.98. The fraction of sp³-hybridized carbons (Fsp3) is 0.875. The lowest BCUT2D eigenvalue weighted by Crippen LogP contribution is -2.69. The van der Waals surface area contributed by atoms with Crippen molar-refractivity contribution in [3.8, 4) is 0 Å². The molecule has 1 spiro atoms. The van der Waals surface area contributed by atoms with Crippen molar-refractivity contribution in [2.24, 2.45) is 28.6 Å². The zero-order chi connectivity index (χ0) is 24.3. The second-order valence-electron chi connectivity index (χ2n) is 11.8. The van der Waals surface area contributed by atoms with Crippen LogP contribution in [0.25, 0.3) is 0 Å². The number of esters is 2. The summed E-state index contributed by atoms with van der Waals surface area (Å²) in [6.45, 7) is 14.8. The zero-order valence-corrected chi connectivity index (χ0v) is 21.8. The van der Waals surface area contributed by atoms with Crippen molar-refractivity contribution < 1.29 is 38.1 Å². The van der Waals surface area contributed by atoms with Crippen molar-refractivity contribution in [2.75, 3.05) is 19.8 Å². The van der Waals surface area contributed by atoms with Crippen LogP contribution in [0, 0.1) is 28.6 Å². The Hall–Kier alpha value is -1.29. The summed E-state index contributed by atoms with van der Waals surface area (Å²) < 4.78 is 30.3. The van der Waals surface area contributed by atoms with E-state index in [0.717, 1.165) is 6.04 Å². The molecular formula is C24H38O8Si. The Balaban J connectivity index is 1.75. The first-order chi connectivity index (χ1) is 15.3. The molecule has 0 aromatic rings. The standard InChI is InChI=1S/C24H38O8Si/c1-13-18-22(28-8-9-33(5,6)7)30-12-24(18)17(32-15(3)26)10-16(31-14(2)25)23(4)11-29-20(19(13)27)21(23)24/h13,16-18,20-22H,8-12H2,1-7H3/t13-,16-,17+,18-,20+,21+,22+,23-,24-/m1/s1. The van der Waals surface area contributed by atoms with Crippen LogP contribution in [0.3, 0.4) is 0 Å². The first-order valence-corrected chi connectivity index (χ1v) is 15.7. The van der Waals surface area contributed by atoms with Crippen molar-refractivity contribution in [2.45, 2.75) is 84.4 Å². The van der Waals surface area contributed by atoms with Gasteiger partial charge >= 0.3 is 11.9 Å². The minimum Gasteiger partial charge on any atom is -0.462 e. The lowest BCUT2D eigenvalue weighted by atomic mass is 9.44. The normalized spacial score (nSPS) is 44.2. The fourth-order valence-electron chi connectivity index (χ4n) is 6.92. The number of ketones is 1. The molecule has 9 atom stereocenters. The van der Waals surface area contributed by atoms with Gasteiger partial charge in [0.05, 0.1) is 13.2 Å². The summed E-state index contributed by atoms with van der Waals surface area (Å²) in [5, 5.41) is 0. The summed E-state index contributed by atoms with van der Waals surface area (Å²) in [4.78, 5) is 37.6. The molecule has 4 fully saturated rings. The maximum Gasteiger partial charge on any atom is 0.302 e. The average Bonchev–Trinajstić information content (AvgIpc) is 3.23. The molecule has 4 aliphatic rings. The molecular weight excluding hydrogens is 444 g/mol. The van der Waals surface area contributed by atoms with Crippen LogP contribution in [0.15, 0.2) is 0 Å².